The van der Waals surface area contributed by atoms with Gasteiger partial charge in [0.05, 0.1) is 23.3 Å². The summed E-state index contributed by atoms with van der Waals surface area (Å²) < 4.78 is 7.21. The van der Waals surface area contributed by atoms with E-state index in [1.807, 2.05) is 31.2 Å². The van der Waals surface area contributed by atoms with E-state index in [1.165, 1.54) is 22.2 Å². The first-order valence-electron chi connectivity index (χ1n) is 9.53. The highest BCUT2D eigenvalue weighted by molar-refractivity contribution is 7.99. The third kappa shape index (κ3) is 3.71. The van der Waals surface area contributed by atoms with Crippen molar-refractivity contribution in [2.24, 2.45) is 0 Å². The molecule has 0 atom stereocenters. The molecule has 7 heteroatoms. The number of nitrogens with zero attached hydrogens (tertiary/aromatic N) is 2. The summed E-state index contributed by atoms with van der Waals surface area (Å²) in [6.45, 7) is 6.06. The molecule has 3 aromatic rings. The average Bonchev–Trinajstić information content (AvgIpc) is 3.21. The number of aryl methyl sites for hydroxylation is 2. The van der Waals surface area contributed by atoms with Gasteiger partial charge in [-0.2, -0.15) is 0 Å². The van der Waals surface area contributed by atoms with E-state index in [-0.39, 0.29) is 5.56 Å². The van der Waals surface area contributed by atoms with Crippen molar-refractivity contribution >= 4 is 33.3 Å². The molecule has 0 saturated heterocycles. The average molecular weight is 417 g/mol. The molecule has 148 valence electrons. The Bertz CT molecular complexity index is 1060. The van der Waals surface area contributed by atoms with Crippen LogP contribution in [0.3, 0.4) is 0 Å². The zero-order chi connectivity index (χ0) is 19.9. The van der Waals surface area contributed by atoms with Crippen molar-refractivity contribution in [1.82, 2.24) is 9.55 Å². The summed E-state index contributed by atoms with van der Waals surface area (Å²) in [6, 6.07) is 7.52. The Morgan fingerprint density at radius 2 is 2.04 bits per heavy atom. The largest absolute Gasteiger partial charge is 0.494 e. The summed E-state index contributed by atoms with van der Waals surface area (Å²) in [5, 5.41) is 11.5. The Kier molecular flexibility index (Phi) is 5.24. The molecular formula is C21H24N2O3S2. The number of benzene rings is 1. The molecule has 4 rings (SSSR count). The maximum Gasteiger partial charge on any atom is 0.267 e. The number of thiophene rings is 1. The Balaban J connectivity index is 1.87. The van der Waals surface area contributed by atoms with Crippen LogP contribution in [0, 0.1) is 0 Å². The molecule has 28 heavy (non-hydrogen) atoms. The summed E-state index contributed by atoms with van der Waals surface area (Å²) >= 11 is 3.05. The summed E-state index contributed by atoms with van der Waals surface area (Å²) in [5.41, 5.74) is 1.07. The number of aromatic nitrogens is 2. The van der Waals surface area contributed by atoms with Crippen LogP contribution in [0.4, 0.5) is 0 Å². The van der Waals surface area contributed by atoms with Crippen molar-refractivity contribution in [2.45, 2.75) is 50.8 Å². The SMILES string of the molecule is CCOc1ccc(-n2c(SCC(C)(C)O)nc3sc4c(c3c2=O)CCC4)cc1. The zero-order valence-electron chi connectivity index (χ0n) is 16.3. The van der Waals surface area contributed by atoms with Gasteiger partial charge in [-0.25, -0.2) is 4.98 Å². The summed E-state index contributed by atoms with van der Waals surface area (Å²) in [6.07, 6.45) is 3.09. The van der Waals surface area contributed by atoms with Crippen molar-refractivity contribution in [3.05, 3.63) is 45.1 Å². The highest BCUT2D eigenvalue weighted by Gasteiger charge is 2.25. The maximum atomic E-state index is 13.5. The van der Waals surface area contributed by atoms with Gasteiger partial charge in [-0.3, -0.25) is 9.36 Å². The first kappa shape index (κ1) is 19.5. The van der Waals surface area contributed by atoms with Crippen molar-refractivity contribution in [3.8, 4) is 11.4 Å². The third-order valence-corrected chi connectivity index (χ3v) is 7.24. The second kappa shape index (κ2) is 7.54. The van der Waals surface area contributed by atoms with Crippen LogP contribution in [-0.2, 0) is 12.8 Å². The number of thioether (sulfide) groups is 1. The fourth-order valence-corrected chi connectivity index (χ4v) is 5.71. The van der Waals surface area contributed by atoms with Gasteiger partial charge in [0.25, 0.3) is 5.56 Å². The van der Waals surface area contributed by atoms with Gasteiger partial charge in [0, 0.05) is 10.6 Å². The molecule has 1 aliphatic rings. The van der Waals surface area contributed by atoms with E-state index in [4.69, 9.17) is 9.72 Å². The molecule has 1 aliphatic carbocycles. The molecule has 1 aromatic carbocycles. The molecule has 2 aromatic heterocycles. The van der Waals surface area contributed by atoms with E-state index >= 15 is 0 Å². The van der Waals surface area contributed by atoms with Gasteiger partial charge in [0.1, 0.15) is 10.6 Å². The number of ether oxygens (including phenoxy) is 1. The lowest BCUT2D eigenvalue weighted by Crippen LogP contribution is -2.25. The van der Waals surface area contributed by atoms with Crippen molar-refractivity contribution < 1.29 is 9.84 Å². The van der Waals surface area contributed by atoms with Gasteiger partial charge in [-0.05, 0) is 69.9 Å². The smallest absolute Gasteiger partial charge is 0.267 e. The van der Waals surface area contributed by atoms with E-state index in [0.717, 1.165) is 40.9 Å². The minimum atomic E-state index is -0.849. The maximum absolute atomic E-state index is 13.5. The fraction of sp³-hybridized carbons (Fsp3) is 0.429. The number of hydrogen-bond donors (Lipinski definition) is 1. The zero-order valence-corrected chi connectivity index (χ0v) is 18.0. The van der Waals surface area contributed by atoms with E-state index in [1.54, 1.807) is 29.8 Å². The molecule has 1 N–H and O–H groups in total. The topological polar surface area (TPSA) is 64.3 Å². The quantitative estimate of drug-likeness (QED) is 0.482. The molecule has 0 fully saturated rings. The van der Waals surface area contributed by atoms with Crippen LogP contribution in [0.5, 0.6) is 5.75 Å². The lowest BCUT2D eigenvalue weighted by molar-refractivity contribution is 0.107. The van der Waals surface area contributed by atoms with Crippen molar-refractivity contribution in [3.63, 3.8) is 0 Å². The number of hydrogen-bond acceptors (Lipinski definition) is 6. The molecule has 0 bridgehead atoms. The molecule has 5 nitrogen and oxygen atoms in total. The molecule has 2 heterocycles. The Labute approximate surface area is 172 Å². The van der Waals surface area contributed by atoms with E-state index in [0.29, 0.717) is 17.5 Å². The Morgan fingerprint density at radius 1 is 1.29 bits per heavy atom. The highest BCUT2D eigenvalue weighted by atomic mass is 32.2. The molecule has 0 saturated carbocycles. The van der Waals surface area contributed by atoms with Crippen LogP contribution in [0.1, 0.15) is 37.6 Å². The van der Waals surface area contributed by atoms with Gasteiger partial charge >= 0.3 is 0 Å². The van der Waals surface area contributed by atoms with Crippen molar-refractivity contribution in [2.75, 3.05) is 12.4 Å². The molecule has 0 aliphatic heterocycles. The minimum Gasteiger partial charge on any atom is -0.494 e. The van der Waals surface area contributed by atoms with Crippen LogP contribution in [0.15, 0.2) is 34.2 Å². The Hall–Kier alpha value is -1.83. The molecule has 0 amide bonds. The predicted octanol–water partition coefficient (Wildman–Crippen LogP) is 4.20. The first-order valence-corrected chi connectivity index (χ1v) is 11.3. The van der Waals surface area contributed by atoms with Crippen LogP contribution < -0.4 is 10.3 Å². The number of rotatable bonds is 6. The predicted molar refractivity (Wildman–Crippen MR) is 115 cm³/mol. The highest BCUT2D eigenvalue weighted by Crippen LogP contribution is 2.36. The van der Waals surface area contributed by atoms with E-state index < -0.39 is 5.60 Å². The van der Waals surface area contributed by atoms with Gasteiger partial charge in [-0.15, -0.1) is 11.3 Å². The Morgan fingerprint density at radius 3 is 2.71 bits per heavy atom. The van der Waals surface area contributed by atoms with Gasteiger partial charge in [0.2, 0.25) is 0 Å². The summed E-state index contributed by atoms with van der Waals surface area (Å²) in [7, 11) is 0. The minimum absolute atomic E-state index is 0.0215. The second-order valence-corrected chi connectivity index (χ2v) is 9.63. The summed E-state index contributed by atoms with van der Waals surface area (Å²) in [5.74, 6) is 1.23. The van der Waals surface area contributed by atoms with Crippen LogP contribution in [-0.4, -0.2) is 32.6 Å². The van der Waals surface area contributed by atoms with Crippen LogP contribution >= 0.6 is 23.1 Å². The van der Waals surface area contributed by atoms with Gasteiger partial charge < -0.3 is 9.84 Å². The van der Waals surface area contributed by atoms with Gasteiger partial charge in [-0.1, -0.05) is 11.8 Å². The lowest BCUT2D eigenvalue weighted by Gasteiger charge is -2.18. The van der Waals surface area contributed by atoms with E-state index in [2.05, 4.69) is 0 Å². The molecular weight excluding hydrogens is 392 g/mol. The lowest BCUT2D eigenvalue weighted by atomic mass is 10.2. The van der Waals surface area contributed by atoms with E-state index in [9.17, 15) is 9.90 Å². The summed E-state index contributed by atoms with van der Waals surface area (Å²) in [4.78, 5) is 20.5. The van der Waals surface area contributed by atoms with Crippen LogP contribution in [0.2, 0.25) is 0 Å². The molecule has 0 spiro atoms. The molecule has 0 unspecified atom stereocenters. The third-order valence-electron chi connectivity index (χ3n) is 4.67. The van der Waals surface area contributed by atoms with Gasteiger partial charge in [0.15, 0.2) is 5.16 Å². The monoisotopic (exact) mass is 416 g/mol. The number of fused-ring (bicyclic) bond motifs is 3. The second-order valence-electron chi connectivity index (χ2n) is 7.60. The van der Waals surface area contributed by atoms with Crippen molar-refractivity contribution in [1.29, 1.82) is 0 Å². The normalized spacial score (nSPS) is 13.9. The standard InChI is InChI=1S/C21H24N2O3S2/c1-4-26-14-10-8-13(9-11-14)23-19(24)17-15-6-5-7-16(15)28-18(17)22-20(23)27-12-21(2,3)25/h8-11,25H,4-7,12H2,1-3H3. The first-order chi connectivity index (χ1) is 13.4. The fourth-order valence-electron chi connectivity index (χ4n) is 3.45. The molecule has 0 radical (unpaired) electrons. The number of aliphatic hydroxyl groups is 1. The van der Waals surface area contributed by atoms with Crippen LogP contribution in [0.25, 0.3) is 15.9 Å².